The molecule has 0 fully saturated rings. The highest BCUT2D eigenvalue weighted by molar-refractivity contribution is 7.99. The number of aromatic nitrogens is 2. The van der Waals surface area contributed by atoms with Crippen molar-refractivity contribution in [2.45, 2.75) is 31.0 Å². The van der Waals surface area contributed by atoms with Crippen LogP contribution in [0, 0.1) is 0 Å². The summed E-state index contributed by atoms with van der Waals surface area (Å²) in [6, 6.07) is 16.9. The lowest BCUT2D eigenvalue weighted by molar-refractivity contribution is -0.131. The summed E-state index contributed by atoms with van der Waals surface area (Å²) in [6.07, 6.45) is 1.77. The summed E-state index contributed by atoms with van der Waals surface area (Å²) in [4.78, 5) is 35.0. The SMILES string of the molecule is CCC1c2ccsc2CCN1C(=O)CSc1nc2ccccc2c(=O)n1-c1cccc(OC)c1. The summed E-state index contributed by atoms with van der Waals surface area (Å²) in [6.45, 7) is 2.84. The number of para-hydroxylation sites is 1. The van der Waals surface area contributed by atoms with Crippen LogP contribution < -0.4 is 10.3 Å². The fraction of sp³-hybridized carbons (Fsp3) is 0.269. The molecule has 0 bridgehead atoms. The maximum atomic E-state index is 13.5. The Labute approximate surface area is 206 Å². The number of benzene rings is 2. The third-order valence-electron chi connectivity index (χ3n) is 6.18. The van der Waals surface area contributed by atoms with Crippen molar-refractivity contribution in [1.29, 1.82) is 0 Å². The van der Waals surface area contributed by atoms with E-state index in [0.717, 1.165) is 19.4 Å². The molecule has 0 saturated heterocycles. The monoisotopic (exact) mass is 491 g/mol. The third kappa shape index (κ3) is 4.12. The first-order valence-corrected chi connectivity index (χ1v) is 13.1. The van der Waals surface area contributed by atoms with Gasteiger partial charge in [-0.3, -0.25) is 14.2 Å². The predicted molar refractivity (Wildman–Crippen MR) is 137 cm³/mol. The minimum atomic E-state index is -0.166. The van der Waals surface area contributed by atoms with Crippen molar-refractivity contribution in [3.8, 4) is 11.4 Å². The van der Waals surface area contributed by atoms with Gasteiger partial charge in [-0.15, -0.1) is 11.3 Å². The molecule has 34 heavy (non-hydrogen) atoms. The Balaban J connectivity index is 1.49. The maximum Gasteiger partial charge on any atom is 0.266 e. The number of rotatable bonds is 6. The average molecular weight is 492 g/mol. The molecule has 174 valence electrons. The molecule has 1 unspecified atom stereocenters. The van der Waals surface area contributed by atoms with Gasteiger partial charge in [0.05, 0.1) is 35.5 Å². The van der Waals surface area contributed by atoms with Crippen LogP contribution >= 0.6 is 23.1 Å². The quantitative estimate of drug-likeness (QED) is 0.278. The first kappa shape index (κ1) is 22.7. The van der Waals surface area contributed by atoms with Gasteiger partial charge in [-0.1, -0.05) is 36.9 Å². The molecule has 1 amide bonds. The van der Waals surface area contributed by atoms with Crippen LogP contribution in [-0.2, 0) is 11.2 Å². The average Bonchev–Trinajstić information content (AvgIpc) is 3.36. The van der Waals surface area contributed by atoms with Gasteiger partial charge >= 0.3 is 0 Å². The van der Waals surface area contributed by atoms with Crippen molar-refractivity contribution in [3.63, 3.8) is 0 Å². The number of carbonyl (C=O) groups excluding carboxylic acids is 1. The van der Waals surface area contributed by atoms with Gasteiger partial charge in [-0.25, -0.2) is 4.98 Å². The van der Waals surface area contributed by atoms with E-state index in [-0.39, 0.29) is 23.3 Å². The lowest BCUT2D eigenvalue weighted by Gasteiger charge is -2.35. The van der Waals surface area contributed by atoms with Crippen molar-refractivity contribution >= 4 is 39.9 Å². The zero-order valence-electron chi connectivity index (χ0n) is 19.1. The first-order chi connectivity index (χ1) is 16.6. The maximum absolute atomic E-state index is 13.5. The summed E-state index contributed by atoms with van der Waals surface area (Å²) in [7, 11) is 1.59. The molecule has 8 heteroatoms. The van der Waals surface area contributed by atoms with Crippen molar-refractivity contribution in [3.05, 3.63) is 80.8 Å². The van der Waals surface area contributed by atoms with Crippen LogP contribution in [0.4, 0.5) is 0 Å². The van der Waals surface area contributed by atoms with E-state index in [1.807, 2.05) is 41.3 Å². The van der Waals surface area contributed by atoms with Crippen LogP contribution in [0.2, 0.25) is 0 Å². The Hall–Kier alpha value is -3.10. The molecule has 6 nitrogen and oxygen atoms in total. The van der Waals surface area contributed by atoms with Crippen molar-refractivity contribution in [2.24, 2.45) is 0 Å². The number of hydrogen-bond acceptors (Lipinski definition) is 6. The second kappa shape index (κ2) is 9.64. The molecule has 5 rings (SSSR count). The Kier molecular flexibility index (Phi) is 6.43. The summed E-state index contributed by atoms with van der Waals surface area (Å²) in [5.74, 6) is 0.925. The number of fused-ring (bicyclic) bond motifs is 2. The van der Waals surface area contributed by atoms with Gasteiger partial charge in [0.15, 0.2) is 5.16 Å². The van der Waals surface area contributed by atoms with E-state index < -0.39 is 0 Å². The van der Waals surface area contributed by atoms with Crippen LogP contribution in [0.15, 0.2) is 69.9 Å². The highest BCUT2D eigenvalue weighted by Crippen LogP contribution is 2.36. The Morgan fingerprint density at radius 3 is 2.88 bits per heavy atom. The molecular weight excluding hydrogens is 466 g/mol. The fourth-order valence-electron chi connectivity index (χ4n) is 4.53. The largest absolute Gasteiger partial charge is 0.497 e. The number of thioether (sulfide) groups is 1. The number of hydrogen-bond donors (Lipinski definition) is 0. The van der Waals surface area contributed by atoms with Crippen LogP contribution in [0.1, 0.15) is 29.8 Å². The van der Waals surface area contributed by atoms with Gasteiger partial charge in [0.25, 0.3) is 5.56 Å². The molecular formula is C26H25N3O3S2. The minimum Gasteiger partial charge on any atom is -0.497 e. The topological polar surface area (TPSA) is 64.4 Å². The van der Waals surface area contributed by atoms with E-state index in [2.05, 4.69) is 18.4 Å². The van der Waals surface area contributed by atoms with Crippen LogP contribution in [-0.4, -0.2) is 39.8 Å². The third-order valence-corrected chi connectivity index (χ3v) is 8.10. The zero-order valence-corrected chi connectivity index (χ0v) is 20.7. The minimum absolute atomic E-state index is 0.0632. The Morgan fingerprint density at radius 2 is 2.06 bits per heavy atom. The molecule has 0 spiro atoms. The highest BCUT2D eigenvalue weighted by Gasteiger charge is 2.30. The zero-order chi connectivity index (χ0) is 23.7. The summed E-state index contributed by atoms with van der Waals surface area (Å²) >= 11 is 3.08. The number of methoxy groups -OCH3 is 1. The number of ether oxygens (including phenoxy) is 1. The lowest BCUT2D eigenvalue weighted by atomic mass is 9.98. The molecule has 0 radical (unpaired) electrons. The lowest BCUT2D eigenvalue weighted by Crippen LogP contribution is -2.40. The summed E-state index contributed by atoms with van der Waals surface area (Å²) in [5, 5.41) is 3.14. The molecule has 1 atom stereocenters. The second-order valence-corrected chi connectivity index (χ2v) is 10.0. The smallest absolute Gasteiger partial charge is 0.266 e. The van der Waals surface area contributed by atoms with E-state index in [4.69, 9.17) is 9.72 Å². The predicted octanol–water partition coefficient (Wildman–Crippen LogP) is 5.08. The molecule has 1 aliphatic rings. The van der Waals surface area contributed by atoms with Crippen LogP contribution in [0.3, 0.4) is 0 Å². The number of carbonyl (C=O) groups is 1. The molecule has 0 saturated carbocycles. The second-order valence-electron chi connectivity index (χ2n) is 8.10. The van der Waals surface area contributed by atoms with E-state index in [9.17, 15) is 9.59 Å². The number of amides is 1. The fourth-order valence-corrected chi connectivity index (χ4v) is 6.36. The molecule has 2 aromatic heterocycles. The molecule has 0 N–H and O–H groups in total. The van der Waals surface area contributed by atoms with Gasteiger partial charge < -0.3 is 9.64 Å². The Morgan fingerprint density at radius 1 is 1.21 bits per heavy atom. The highest BCUT2D eigenvalue weighted by atomic mass is 32.2. The van der Waals surface area contributed by atoms with E-state index in [0.29, 0.717) is 27.5 Å². The van der Waals surface area contributed by atoms with Gasteiger partial charge in [-0.05, 0) is 54.1 Å². The molecule has 0 aliphatic carbocycles. The van der Waals surface area contributed by atoms with Crippen molar-refractivity contribution in [1.82, 2.24) is 14.5 Å². The number of nitrogens with zero attached hydrogens (tertiary/aromatic N) is 3. The van der Waals surface area contributed by atoms with E-state index in [1.54, 1.807) is 35.1 Å². The van der Waals surface area contributed by atoms with Crippen LogP contribution in [0.5, 0.6) is 5.75 Å². The molecule has 4 aromatic rings. The molecule has 1 aliphatic heterocycles. The molecule has 2 aromatic carbocycles. The van der Waals surface area contributed by atoms with Gasteiger partial charge in [0.1, 0.15) is 5.75 Å². The molecule has 3 heterocycles. The van der Waals surface area contributed by atoms with Crippen molar-refractivity contribution < 1.29 is 9.53 Å². The van der Waals surface area contributed by atoms with Gasteiger partial charge in [0, 0.05) is 17.5 Å². The number of thiophene rings is 1. The van der Waals surface area contributed by atoms with Gasteiger partial charge in [0.2, 0.25) is 5.91 Å². The standard InChI is InChI=1S/C26H25N3O3S2/c1-3-22-20-12-14-33-23(20)11-13-28(22)24(30)16-34-26-27-21-10-5-4-9-19(21)25(31)29(26)17-7-6-8-18(15-17)32-2/h4-10,12,14-15,22H,3,11,13,16H2,1-2H3. The van der Waals surface area contributed by atoms with Gasteiger partial charge in [-0.2, -0.15) is 0 Å². The van der Waals surface area contributed by atoms with E-state index >= 15 is 0 Å². The Bertz CT molecular complexity index is 1410. The summed E-state index contributed by atoms with van der Waals surface area (Å²) in [5.41, 5.74) is 2.38. The van der Waals surface area contributed by atoms with E-state index in [1.165, 1.54) is 22.2 Å². The first-order valence-electron chi connectivity index (χ1n) is 11.3. The van der Waals surface area contributed by atoms with Crippen LogP contribution in [0.25, 0.3) is 16.6 Å². The normalized spacial score (nSPS) is 15.4. The summed E-state index contributed by atoms with van der Waals surface area (Å²) < 4.78 is 6.94. The van der Waals surface area contributed by atoms with Crippen molar-refractivity contribution in [2.75, 3.05) is 19.4 Å².